The fourth-order valence-electron chi connectivity index (χ4n) is 2.30. The summed E-state index contributed by atoms with van der Waals surface area (Å²) in [6.07, 6.45) is 1.61. The second-order valence-electron chi connectivity index (χ2n) is 4.54. The minimum Gasteiger partial charge on any atom is -0.493 e. The van der Waals surface area contributed by atoms with Crippen LogP contribution in [0, 0.1) is 11.6 Å². The van der Waals surface area contributed by atoms with Gasteiger partial charge in [-0.1, -0.05) is 6.07 Å². The van der Waals surface area contributed by atoms with Gasteiger partial charge in [-0.25, -0.2) is 8.78 Å². The van der Waals surface area contributed by atoms with E-state index in [1.54, 1.807) is 10.9 Å². The van der Waals surface area contributed by atoms with Gasteiger partial charge in [-0.2, -0.15) is 5.10 Å². The Morgan fingerprint density at radius 3 is 2.57 bits per heavy atom. The molecular formula is C14H18F2N4O. The first-order valence-electron chi connectivity index (χ1n) is 6.61. The van der Waals surface area contributed by atoms with E-state index in [9.17, 15) is 8.78 Å². The molecule has 1 aromatic heterocycles. The minimum atomic E-state index is -0.600. The van der Waals surface area contributed by atoms with Gasteiger partial charge in [-0.3, -0.25) is 16.0 Å². The van der Waals surface area contributed by atoms with E-state index >= 15 is 0 Å². The molecule has 2 aromatic rings. The van der Waals surface area contributed by atoms with Crippen LogP contribution in [-0.2, 0) is 13.0 Å². The van der Waals surface area contributed by atoms with Crippen LogP contribution in [0.25, 0.3) is 0 Å². The summed E-state index contributed by atoms with van der Waals surface area (Å²) in [5.41, 5.74) is 3.22. The number of ether oxygens (including phenoxy) is 1. The molecule has 1 atom stereocenters. The standard InChI is InChI=1S/C14H18F2N4O/c1-3-20-14(13(21-2)8-18-20)12(19-17)7-9-10(15)5-4-6-11(9)16/h4-6,8,12,19H,3,7,17H2,1-2H3. The summed E-state index contributed by atoms with van der Waals surface area (Å²) < 4.78 is 34.5. The summed E-state index contributed by atoms with van der Waals surface area (Å²) in [4.78, 5) is 0. The monoisotopic (exact) mass is 296 g/mol. The number of benzene rings is 1. The van der Waals surface area contributed by atoms with E-state index < -0.39 is 17.7 Å². The van der Waals surface area contributed by atoms with Gasteiger partial charge in [0, 0.05) is 18.5 Å². The zero-order valence-corrected chi connectivity index (χ0v) is 11.9. The number of nitrogens with one attached hydrogen (secondary N) is 1. The van der Waals surface area contributed by atoms with Gasteiger partial charge in [-0.15, -0.1) is 0 Å². The predicted molar refractivity (Wildman–Crippen MR) is 74.6 cm³/mol. The number of nitrogens with two attached hydrogens (primary N) is 1. The highest BCUT2D eigenvalue weighted by Gasteiger charge is 2.23. The van der Waals surface area contributed by atoms with E-state index in [1.807, 2.05) is 6.92 Å². The number of hydrazine groups is 1. The molecule has 0 aliphatic heterocycles. The van der Waals surface area contributed by atoms with E-state index in [0.29, 0.717) is 18.0 Å². The number of hydrogen-bond donors (Lipinski definition) is 2. The molecule has 0 fully saturated rings. The van der Waals surface area contributed by atoms with Crippen molar-refractivity contribution in [3.63, 3.8) is 0 Å². The summed E-state index contributed by atoms with van der Waals surface area (Å²) in [6, 6.07) is 3.25. The molecule has 5 nitrogen and oxygen atoms in total. The molecule has 21 heavy (non-hydrogen) atoms. The Hall–Kier alpha value is -1.99. The van der Waals surface area contributed by atoms with Gasteiger partial charge in [-0.05, 0) is 19.1 Å². The Morgan fingerprint density at radius 2 is 2.05 bits per heavy atom. The molecule has 0 amide bonds. The van der Waals surface area contributed by atoms with Gasteiger partial charge < -0.3 is 4.74 Å². The van der Waals surface area contributed by atoms with Crippen LogP contribution >= 0.6 is 0 Å². The molecule has 0 saturated heterocycles. The van der Waals surface area contributed by atoms with Crippen molar-refractivity contribution in [3.8, 4) is 5.75 Å². The summed E-state index contributed by atoms with van der Waals surface area (Å²) in [6.45, 7) is 2.50. The van der Waals surface area contributed by atoms with Crippen molar-refractivity contribution in [3.05, 3.63) is 47.3 Å². The number of rotatable bonds is 6. The number of halogens is 2. The van der Waals surface area contributed by atoms with Crippen molar-refractivity contribution >= 4 is 0 Å². The lowest BCUT2D eigenvalue weighted by Gasteiger charge is -2.19. The number of nitrogens with zero attached hydrogens (tertiary/aromatic N) is 2. The highest BCUT2D eigenvalue weighted by atomic mass is 19.1. The van der Waals surface area contributed by atoms with Crippen molar-refractivity contribution in [1.29, 1.82) is 0 Å². The molecule has 0 aliphatic rings. The Morgan fingerprint density at radius 1 is 1.38 bits per heavy atom. The third-order valence-electron chi connectivity index (χ3n) is 3.37. The molecule has 0 spiro atoms. The summed E-state index contributed by atoms with van der Waals surface area (Å²) in [5.74, 6) is 4.89. The van der Waals surface area contributed by atoms with Crippen molar-refractivity contribution in [2.45, 2.75) is 25.9 Å². The third kappa shape index (κ3) is 3.03. The number of hydrogen-bond acceptors (Lipinski definition) is 4. The lowest BCUT2D eigenvalue weighted by atomic mass is 10.0. The molecule has 0 saturated carbocycles. The van der Waals surface area contributed by atoms with E-state index in [1.165, 1.54) is 25.3 Å². The maximum absolute atomic E-state index is 13.8. The lowest BCUT2D eigenvalue weighted by molar-refractivity contribution is 0.389. The quantitative estimate of drug-likeness (QED) is 0.631. The minimum absolute atomic E-state index is 0.0219. The Labute approximate surface area is 121 Å². The van der Waals surface area contributed by atoms with Crippen LogP contribution in [0.2, 0.25) is 0 Å². The van der Waals surface area contributed by atoms with Gasteiger partial charge >= 0.3 is 0 Å². The smallest absolute Gasteiger partial charge is 0.161 e. The molecular weight excluding hydrogens is 278 g/mol. The maximum Gasteiger partial charge on any atom is 0.161 e. The summed E-state index contributed by atoms with van der Waals surface area (Å²) >= 11 is 0. The zero-order valence-electron chi connectivity index (χ0n) is 11.9. The summed E-state index contributed by atoms with van der Waals surface area (Å²) in [5, 5.41) is 4.17. The van der Waals surface area contributed by atoms with E-state index in [-0.39, 0.29) is 12.0 Å². The average Bonchev–Trinajstić information content (AvgIpc) is 2.90. The molecule has 2 rings (SSSR count). The molecule has 7 heteroatoms. The Kier molecular flexibility index (Phi) is 4.87. The Balaban J connectivity index is 2.39. The maximum atomic E-state index is 13.8. The lowest BCUT2D eigenvalue weighted by Crippen LogP contribution is -2.32. The zero-order chi connectivity index (χ0) is 15.4. The molecule has 0 bridgehead atoms. The van der Waals surface area contributed by atoms with Gasteiger partial charge in [0.2, 0.25) is 0 Å². The van der Waals surface area contributed by atoms with Crippen molar-refractivity contribution < 1.29 is 13.5 Å². The highest BCUT2D eigenvalue weighted by molar-refractivity contribution is 5.31. The number of aryl methyl sites for hydroxylation is 1. The van der Waals surface area contributed by atoms with Crippen LogP contribution in [0.15, 0.2) is 24.4 Å². The average molecular weight is 296 g/mol. The second-order valence-corrected chi connectivity index (χ2v) is 4.54. The molecule has 0 aliphatic carbocycles. The molecule has 1 unspecified atom stereocenters. The molecule has 114 valence electrons. The van der Waals surface area contributed by atoms with E-state index in [2.05, 4.69) is 10.5 Å². The fourth-order valence-corrected chi connectivity index (χ4v) is 2.30. The molecule has 1 aromatic carbocycles. The van der Waals surface area contributed by atoms with Crippen LogP contribution in [0.3, 0.4) is 0 Å². The van der Waals surface area contributed by atoms with Crippen molar-refractivity contribution in [2.75, 3.05) is 7.11 Å². The van der Waals surface area contributed by atoms with Crippen molar-refractivity contribution in [1.82, 2.24) is 15.2 Å². The van der Waals surface area contributed by atoms with Gasteiger partial charge in [0.15, 0.2) is 5.75 Å². The van der Waals surface area contributed by atoms with Gasteiger partial charge in [0.1, 0.15) is 11.6 Å². The van der Waals surface area contributed by atoms with E-state index in [4.69, 9.17) is 10.6 Å². The van der Waals surface area contributed by atoms with Gasteiger partial charge in [0.05, 0.1) is 25.0 Å². The highest BCUT2D eigenvalue weighted by Crippen LogP contribution is 2.28. The Bertz CT molecular complexity index is 573. The van der Waals surface area contributed by atoms with Crippen molar-refractivity contribution in [2.24, 2.45) is 5.84 Å². The SMILES string of the molecule is CCn1ncc(OC)c1C(Cc1c(F)cccc1F)NN. The summed E-state index contributed by atoms with van der Waals surface area (Å²) in [7, 11) is 1.51. The topological polar surface area (TPSA) is 65.1 Å². The first kappa shape index (κ1) is 15.4. The largest absolute Gasteiger partial charge is 0.493 e. The van der Waals surface area contributed by atoms with Crippen LogP contribution in [-0.4, -0.2) is 16.9 Å². The normalized spacial score (nSPS) is 12.4. The van der Waals surface area contributed by atoms with E-state index in [0.717, 1.165) is 0 Å². The number of methoxy groups -OCH3 is 1. The fraction of sp³-hybridized carbons (Fsp3) is 0.357. The molecule has 1 heterocycles. The number of aromatic nitrogens is 2. The van der Waals surface area contributed by atoms with Crippen LogP contribution < -0.4 is 16.0 Å². The van der Waals surface area contributed by atoms with Crippen LogP contribution in [0.1, 0.15) is 24.2 Å². The first-order valence-corrected chi connectivity index (χ1v) is 6.61. The van der Waals surface area contributed by atoms with Crippen LogP contribution in [0.5, 0.6) is 5.75 Å². The second kappa shape index (κ2) is 6.64. The first-order chi connectivity index (χ1) is 10.1. The third-order valence-corrected chi connectivity index (χ3v) is 3.37. The predicted octanol–water partition coefficient (Wildman–Crippen LogP) is 1.94. The molecule has 0 radical (unpaired) electrons. The molecule has 3 N–H and O–H groups in total. The van der Waals surface area contributed by atoms with Crippen LogP contribution in [0.4, 0.5) is 8.78 Å². The van der Waals surface area contributed by atoms with Gasteiger partial charge in [0.25, 0.3) is 0 Å².